The number of halogens is 4. The standard InChI is InChI=1S/C23H21F4NO3/c1-12(2)31-23(30)22-13(3)28(11-14-6-16(25)8-17(26)7-14)21(29)10-19(22)18-5-4-15(24)9-20(18)27/h4-9,12,19H,10-11H2,1-3H3/t19-/m0/s1. The summed E-state index contributed by atoms with van der Waals surface area (Å²) >= 11 is 0. The van der Waals surface area contributed by atoms with Gasteiger partial charge in [-0.25, -0.2) is 22.4 Å². The van der Waals surface area contributed by atoms with E-state index in [4.69, 9.17) is 4.74 Å². The summed E-state index contributed by atoms with van der Waals surface area (Å²) in [5.41, 5.74) is 0.394. The highest BCUT2D eigenvalue weighted by Crippen LogP contribution is 2.39. The molecule has 2 aromatic rings. The molecule has 31 heavy (non-hydrogen) atoms. The van der Waals surface area contributed by atoms with Crippen LogP contribution in [0.1, 0.15) is 44.2 Å². The molecule has 1 aliphatic heterocycles. The molecule has 1 aliphatic rings. The quantitative estimate of drug-likeness (QED) is 0.491. The Balaban J connectivity index is 2.08. The molecule has 1 amide bonds. The molecule has 0 N–H and O–H groups in total. The minimum absolute atomic E-state index is 0.0127. The van der Waals surface area contributed by atoms with Gasteiger partial charge in [-0.05, 0) is 50.1 Å². The van der Waals surface area contributed by atoms with Crippen LogP contribution in [0.3, 0.4) is 0 Å². The molecule has 164 valence electrons. The zero-order valence-electron chi connectivity index (χ0n) is 17.2. The summed E-state index contributed by atoms with van der Waals surface area (Å²) in [6.07, 6.45) is -0.768. The number of carbonyl (C=O) groups is 2. The largest absolute Gasteiger partial charge is 0.460 e. The van der Waals surface area contributed by atoms with E-state index in [0.717, 1.165) is 18.2 Å². The first kappa shape index (κ1) is 22.5. The van der Waals surface area contributed by atoms with Crippen molar-refractivity contribution in [2.75, 3.05) is 0 Å². The molecule has 2 aromatic carbocycles. The second kappa shape index (κ2) is 8.91. The predicted octanol–water partition coefficient (Wildman–Crippen LogP) is 4.98. The molecule has 0 fully saturated rings. The third-order valence-corrected chi connectivity index (χ3v) is 4.99. The fourth-order valence-corrected chi connectivity index (χ4v) is 3.68. The summed E-state index contributed by atoms with van der Waals surface area (Å²) in [5.74, 6) is -5.48. The molecular formula is C23H21F4NO3. The number of benzene rings is 2. The zero-order chi connectivity index (χ0) is 22.9. The molecule has 0 radical (unpaired) electrons. The van der Waals surface area contributed by atoms with Crippen molar-refractivity contribution in [2.24, 2.45) is 0 Å². The van der Waals surface area contributed by atoms with Gasteiger partial charge in [0.15, 0.2) is 0 Å². The van der Waals surface area contributed by atoms with Gasteiger partial charge in [0.05, 0.1) is 18.2 Å². The van der Waals surface area contributed by atoms with Gasteiger partial charge >= 0.3 is 5.97 Å². The maximum Gasteiger partial charge on any atom is 0.336 e. The van der Waals surface area contributed by atoms with Crippen molar-refractivity contribution in [3.05, 3.63) is 82.1 Å². The number of nitrogens with zero attached hydrogens (tertiary/aromatic N) is 1. The van der Waals surface area contributed by atoms with Gasteiger partial charge in [-0.15, -0.1) is 0 Å². The second-order valence-corrected chi connectivity index (χ2v) is 7.63. The summed E-state index contributed by atoms with van der Waals surface area (Å²) in [4.78, 5) is 27.0. The fraction of sp³-hybridized carbons (Fsp3) is 0.304. The lowest BCUT2D eigenvalue weighted by atomic mass is 9.83. The average Bonchev–Trinajstić information content (AvgIpc) is 2.63. The van der Waals surface area contributed by atoms with Crippen LogP contribution in [0.15, 0.2) is 47.7 Å². The fourth-order valence-electron chi connectivity index (χ4n) is 3.68. The molecule has 3 rings (SSSR count). The van der Waals surface area contributed by atoms with Gasteiger partial charge in [0, 0.05) is 30.2 Å². The lowest BCUT2D eigenvalue weighted by molar-refractivity contribution is -0.143. The topological polar surface area (TPSA) is 46.6 Å². The van der Waals surface area contributed by atoms with E-state index in [9.17, 15) is 27.2 Å². The van der Waals surface area contributed by atoms with Crippen LogP contribution >= 0.6 is 0 Å². The summed E-state index contributed by atoms with van der Waals surface area (Å²) in [5, 5.41) is 0. The number of hydrogen-bond donors (Lipinski definition) is 0. The van der Waals surface area contributed by atoms with Crippen molar-refractivity contribution >= 4 is 11.9 Å². The van der Waals surface area contributed by atoms with Gasteiger partial charge < -0.3 is 9.64 Å². The first-order valence-corrected chi connectivity index (χ1v) is 9.68. The molecule has 0 aliphatic carbocycles. The van der Waals surface area contributed by atoms with Gasteiger partial charge in [0.2, 0.25) is 5.91 Å². The Kier molecular flexibility index (Phi) is 6.48. The van der Waals surface area contributed by atoms with Gasteiger partial charge in [0.25, 0.3) is 0 Å². The SMILES string of the molecule is CC1=C(C(=O)OC(C)C)[C@H](c2ccc(F)cc2F)CC(=O)N1Cc1cc(F)cc(F)c1. The van der Waals surface area contributed by atoms with Crippen molar-refractivity contribution in [2.45, 2.75) is 45.8 Å². The summed E-state index contributed by atoms with van der Waals surface area (Å²) < 4.78 is 60.3. The molecule has 4 nitrogen and oxygen atoms in total. The van der Waals surface area contributed by atoms with Crippen LogP contribution in [0.2, 0.25) is 0 Å². The van der Waals surface area contributed by atoms with E-state index in [1.54, 1.807) is 13.8 Å². The number of esters is 1. The normalized spacial score (nSPS) is 16.8. The molecule has 1 heterocycles. The van der Waals surface area contributed by atoms with E-state index < -0.39 is 47.2 Å². The van der Waals surface area contributed by atoms with Gasteiger partial charge in [-0.2, -0.15) is 0 Å². The molecule has 0 saturated carbocycles. The van der Waals surface area contributed by atoms with E-state index in [1.807, 2.05) is 0 Å². The van der Waals surface area contributed by atoms with Crippen LogP contribution in [-0.4, -0.2) is 22.9 Å². The van der Waals surface area contributed by atoms with Crippen LogP contribution in [0.5, 0.6) is 0 Å². The number of rotatable bonds is 5. The number of carbonyl (C=O) groups excluding carboxylic acids is 2. The molecule has 1 atom stereocenters. The van der Waals surface area contributed by atoms with E-state index in [2.05, 4.69) is 0 Å². The van der Waals surface area contributed by atoms with Crippen molar-refractivity contribution in [3.8, 4) is 0 Å². The van der Waals surface area contributed by atoms with Gasteiger partial charge in [0.1, 0.15) is 23.3 Å². The van der Waals surface area contributed by atoms with E-state index >= 15 is 0 Å². The molecule has 0 bridgehead atoms. The molecule has 0 unspecified atom stereocenters. The predicted molar refractivity (Wildman–Crippen MR) is 105 cm³/mol. The molecule has 0 spiro atoms. The van der Waals surface area contributed by atoms with E-state index in [-0.39, 0.29) is 35.4 Å². The first-order chi connectivity index (χ1) is 14.6. The zero-order valence-corrected chi connectivity index (χ0v) is 17.2. The third-order valence-electron chi connectivity index (χ3n) is 4.99. The van der Waals surface area contributed by atoms with Crippen LogP contribution in [-0.2, 0) is 20.9 Å². The molecule has 0 aromatic heterocycles. The molecular weight excluding hydrogens is 414 g/mol. The van der Waals surface area contributed by atoms with Crippen LogP contribution in [0.25, 0.3) is 0 Å². The molecule has 8 heteroatoms. The lowest BCUT2D eigenvalue weighted by Crippen LogP contribution is -2.38. The Bertz CT molecular complexity index is 1040. The first-order valence-electron chi connectivity index (χ1n) is 9.68. The third kappa shape index (κ3) is 4.95. The Hall–Kier alpha value is -3.16. The maximum atomic E-state index is 14.5. The second-order valence-electron chi connectivity index (χ2n) is 7.63. The summed E-state index contributed by atoms with van der Waals surface area (Å²) in [6, 6.07) is 5.80. The number of hydrogen-bond acceptors (Lipinski definition) is 3. The van der Waals surface area contributed by atoms with Gasteiger partial charge in [-0.1, -0.05) is 6.07 Å². The lowest BCUT2D eigenvalue weighted by Gasteiger charge is -2.35. The van der Waals surface area contributed by atoms with E-state index in [1.165, 1.54) is 17.9 Å². The molecule has 0 saturated heterocycles. The Labute approximate surface area is 177 Å². The van der Waals surface area contributed by atoms with Crippen LogP contribution < -0.4 is 0 Å². The van der Waals surface area contributed by atoms with Crippen molar-refractivity contribution in [1.29, 1.82) is 0 Å². The van der Waals surface area contributed by atoms with Crippen molar-refractivity contribution < 1.29 is 31.9 Å². The highest BCUT2D eigenvalue weighted by atomic mass is 19.1. The smallest absolute Gasteiger partial charge is 0.336 e. The average molecular weight is 435 g/mol. The van der Waals surface area contributed by atoms with Crippen molar-refractivity contribution in [3.63, 3.8) is 0 Å². The minimum atomic E-state index is -0.986. The number of allylic oxidation sites excluding steroid dienone is 1. The van der Waals surface area contributed by atoms with Gasteiger partial charge in [-0.3, -0.25) is 4.79 Å². The van der Waals surface area contributed by atoms with E-state index in [0.29, 0.717) is 12.1 Å². The Morgan fingerprint density at radius 3 is 2.29 bits per heavy atom. The Morgan fingerprint density at radius 2 is 1.71 bits per heavy atom. The summed E-state index contributed by atoms with van der Waals surface area (Å²) in [6.45, 7) is 4.58. The monoisotopic (exact) mass is 435 g/mol. The van der Waals surface area contributed by atoms with Crippen LogP contribution in [0, 0.1) is 23.3 Å². The van der Waals surface area contributed by atoms with Crippen LogP contribution in [0.4, 0.5) is 17.6 Å². The highest BCUT2D eigenvalue weighted by Gasteiger charge is 2.38. The number of amides is 1. The minimum Gasteiger partial charge on any atom is -0.460 e. The highest BCUT2D eigenvalue weighted by molar-refractivity contribution is 5.96. The maximum absolute atomic E-state index is 14.5. The van der Waals surface area contributed by atoms with Crippen molar-refractivity contribution in [1.82, 2.24) is 4.90 Å². The summed E-state index contributed by atoms with van der Waals surface area (Å²) in [7, 11) is 0. The number of ether oxygens (including phenoxy) is 1. The Morgan fingerprint density at radius 1 is 1.06 bits per heavy atom.